The molecule has 0 fully saturated rings. The number of furan rings is 1. The van der Waals surface area contributed by atoms with Crippen LogP contribution in [0.4, 0.5) is 0 Å². The third-order valence-electron chi connectivity index (χ3n) is 9.16. The van der Waals surface area contributed by atoms with Gasteiger partial charge >= 0.3 is 0 Å². The van der Waals surface area contributed by atoms with Crippen LogP contribution in [0.5, 0.6) is 28.7 Å². The Bertz CT molecular complexity index is 3000. The van der Waals surface area contributed by atoms with Crippen molar-refractivity contribution in [3.8, 4) is 46.0 Å². The Labute approximate surface area is 273 Å². The number of aromatic hydroxyl groups is 5. The maximum Gasteiger partial charge on any atom is 0.236 e. The Morgan fingerprint density at radius 3 is 1.94 bits per heavy atom. The standard InChI is InChI=1S/C38H21N3O6S/c42-31-27(32(43)34(45)35(46)33(31)44)29-36-28(20-12-4-7-15-23(20)47-36)39-38(40-29)41-22-14-6-3-11-19(22)25-17-9-1-2-10-18(17)37-26(30(25)41)21-13-5-8-16-24(21)48-37/h1-16,42-46H. The number of aromatic nitrogens is 3. The molecule has 10 aromatic rings. The second-order valence-corrected chi connectivity index (χ2v) is 12.7. The number of hydrogen-bond donors (Lipinski definition) is 5. The molecule has 0 saturated heterocycles. The van der Waals surface area contributed by atoms with E-state index in [-0.39, 0.29) is 17.2 Å². The highest BCUT2D eigenvalue weighted by atomic mass is 32.1. The fraction of sp³-hybridized carbons (Fsp3) is 0. The number of fused-ring (bicyclic) bond motifs is 13. The Morgan fingerprint density at radius 2 is 1.17 bits per heavy atom. The maximum atomic E-state index is 11.1. The molecule has 4 aromatic heterocycles. The van der Waals surface area contributed by atoms with E-state index in [1.807, 2.05) is 65.2 Å². The minimum Gasteiger partial charge on any atom is -0.504 e. The van der Waals surface area contributed by atoms with Gasteiger partial charge in [0.15, 0.2) is 17.1 Å². The van der Waals surface area contributed by atoms with E-state index in [1.54, 1.807) is 17.4 Å². The third-order valence-corrected chi connectivity index (χ3v) is 10.4. The lowest BCUT2D eigenvalue weighted by Gasteiger charge is -2.14. The van der Waals surface area contributed by atoms with E-state index in [2.05, 4.69) is 30.3 Å². The molecule has 48 heavy (non-hydrogen) atoms. The van der Waals surface area contributed by atoms with Gasteiger partial charge in [-0.3, -0.25) is 4.57 Å². The van der Waals surface area contributed by atoms with Gasteiger partial charge in [0.1, 0.15) is 16.8 Å². The van der Waals surface area contributed by atoms with E-state index < -0.39 is 34.3 Å². The first-order valence-corrected chi connectivity index (χ1v) is 15.9. The topological polar surface area (TPSA) is 145 Å². The second kappa shape index (κ2) is 9.27. The Kier molecular flexibility index (Phi) is 5.15. The zero-order valence-electron chi connectivity index (χ0n) is 24.6. The molecule has 0 aliphatic rings. The van der Waals surface area contributed by atoms with Crippen molar-refractivity contribution in [3.05, 3.63) is 97.1 Å². The highest BCUT2D eigenvalue weighted by Gasteiger charge is 2.30. The fourth-order valence-corrected chi connectivity index (χ4v) is 8.33. The van der Waals surface area contributed by atoms with Gasteiger partial charge in [-0.25, -0.2) is 9.97 Å². The predicted molar refractivity (Wildman–Crippen MR) is 188 cm³/mol. The van der Waals surface area contributed by atoms with Crippen molar-refractivity contribution in [2.45, 2.75) is 0 Å². The number of para-hydroxylation sites is 2. The molecule has 10 heteroatoms. The van der Waals surface area contributed by atoms with Crippen LogP contribution >= 0.6 is 11.3 Å². The van der Waals surface area contributed by atoms with Crippen LogP contribution in [-0.2, 0) is 0 Å². The van der Waals surface area contributed by atoms with Crippen molar-refractivity contribution in [2.75, 3.05) is 0 Å². The molecule has 0 atom stereocenters. The maximum absolute atomic E-state index is 11.1. The summed E-state index contributed by atoms with van der Waals surface area (Å²) in [4.78, 5) is 10.0. The van der Waals surface area contributed by atoms with Crippen molar-refractivity contribution in [3.63, 3.8) is 0 Å². The Balaban J connectivity index is 1.47. The summed E-state index contributed by atoms with van der Waals surface area (Å²) in [5, 5.41) is 60.4. The minimum atomic E-state index is -1.06. The van der Waals surface area contributed by atoms with Crippen LogP contribution in [0.1, 0.15) is 0 Å². The van der Waals surface area contributed by atoms with Crippen LogP contribution in [0.2, 0.25) is 0 Å². The Morgan fingerprint density at radius 1 is 0.562 bits per heavy atom. The molecule has 4 heterocycles. The summed E-state index contributed by atoms with van der Waals surface area (Å²) in [6.45, 7) is 0. The molecular formula is C38H21N3O6S. The average molecular weight is 648 g/mol. The fourth-order valence-electron chi connectivity index (χ4n) is 7.08. The number of phenols is 5. The third kappa shape index (κ3) is 3.28. The molecule has 0 aliphatic heterocycles. The van der Waals surface area contributed by atoms with Gasteiger partial charge in [-0.2, -0.15) is 0 Å². The van der Waals surface area contributed by atoms with Gasteiger partial charge < -0.3 is 29.9 Å². The van der Waals surface area contributed by atoms with E-state index in [9.17, 15) is 25.5 Å². The monoisotopic (exact) mass is 647 g/mol. The van der Waals surface area contributed by atoms with E-state index in [4.69, 9.17) is 14.4 Å². The highest BCUT2D eigenvalue weighted by molar-refractivity contribution is 7.27. The molecule has 9 nitrogen and oxygen atoms in total. The van der Waals surface area contributed by atoms with E-state index in [0.717, 1.165) is 52.8 Å². The van der Waals surface area contributed by atoms with Crippen molar-refractivity contribution < 1.29 is 29.9 Å². The molecule has 0 amide bonds. The number of phenolic OH excluding ortho intramolecular Hbond substituents is 5. The molecule has 0 aliphatic carbocycles. The molecule has 6 aromatic carbocycles. The lowest BCUT2D eigenvalue weighted by atomic mass is 10.00. The Hall–Kier alpha value is -6.52. The van der Waals surface area contributed by atoms with Gasteiger partial charge in [-0.05, 0) is 29.7 Å². The van der Waals surface area contributed by atoms with Crippen LogP contribution in [0, 0.1) is 0 Å². The number of rotatable bonds is 2. The van der Waals surface area contributed by atoms with Crippen LogP contribution in [0.25, 0.3) is 92.0 Å². The van der Waals surface area contributed by atoms with E-state index in [0.29, 0.717) is 16.5 Å². The molecule has 0 unspecified atom stereocenters. The number of benzene rings is 6. The van der Waals surface area contributed by atoms with Crippen LogP contribution in [0.3, 0.4) is 0 Å². The molecule has 0 radical (unpaired) electrons. The summed E-state index contributed by atoms with van der Waals surface area (Å²) < 4.78 is 10.4. The van der Waals surface area contributed by atoms with Gasteiger partial charge in [0.05, 0.1) is 16.6 Å². The molecular weight excluding hydrogens is 627 g/mol. The first-order valence-electron chi connectivity index (χ1n) is 15.1. The first kappa shape index (κ1) is 26.7. The van der Waals surface area contributed by atoms with Gasteiger partial charge in [-0.1, -0.05) is 72.8 Å². The van der Waals surface area contributed by atoms with Crippen molar-refractivity contribution in [1.82, 2.24) is 14.5 Å². The number of thiophene rings is 1. The number of hydrogen-bond acceptors (Lipinski definition) is 9. The molecule has 10 rings (SSSR count). The molecule has 0 saturated carbocycles. The summed E-state index contributed by atoms with van der Waals surface area (Å²) in [5.41, 5.74) is 2.15. The normalized spacial score (nSPS) is 12.2. The van der Waals surface area contributed by atoms with Gasteiger partial charge in [0, 0.05) is 41.7 Å². The van der Waals surface area contributed by atoms with Crippen molar-refractivity contribution in [1.29, 1.82) is 0 Å². The first-order chi connectivity index (χ1) is 23.4. The lowest BCUT2D eigenvalue weighted by molar-refractivity contribution is 0.330. The number of nitrogens with zero attached hydrogens (tertiary/aromatic N) is 3. The smallest absolute Gasteiger partial charge is 0.236 e. The molecule has 0 bridgehead atoms. The predicted octanol–water partition coefficient (Wildman–Crippen LogP) is 9.19. The second-order valence-electron chi connectivity index (χ2n) is 11.7. The molecule has 5 N–H and O–H groups in total. The summed E-state index contributed by atoms with van der Waals surface area (Å²) in [5.74, 6) is -4.65. The largest absolute Gasteiger partial charge is 0.504 e. The van der Waals surface area contributed by atoms with Gasteiger partial charge in [0.2, 0.25) is 23.2 Å². The summed E-state index contributed by atoms with van der Waals surface area (Å²) >= 11 is 1.72. The average Bonchev–Trinajstić information content (AvgIpc) is 3.80. The highest BCUT2D eigenvalue weighted by Crippen LogP contribution is 2.56. The van der Waals surface area contributed by atoms with Gasteiger partial charge in [0.25, 0.3) is 0 Å². The summed E-state index contributed by atoms with van der Waals surface area (Å²) in [6, 6.07) is 31.9. The van der Waals surface area contributed by atoms with Crippen LogP contribution in [-0.4, -0.2) is 40.1 Å². The van der Waals surface area contributed by atoms with E-state index in [1.165, 1.54) is 0 Å². The van der Waals surface area contributed by atoms with E-state index >= 15 is 0 Å². The summed E-state index contributed by atoms with van der Waals surface area (Å²) in [6.07, 6.45) is 0. The van der Waals surface area contributed by atoms with Crippen molar-refractivity contribution >= 4 is 86.2 Å². The SMILES string of the molecule is Oc1c(O)c(O)c(-c2nc(-n3c4ccccc4c4c5ccccc5c5sc6ccccc6c5c43)nc3c2oc2ccccc23)c(O)c1O. The molecule has 230 valence electrons. The van der Waals surface area contributed by atoms with Crippen molar-refractivity contribution in [2.24, 2.45) is 0 Å². The minimum absolute atomic E-state index is 0.0926. The van der Waals surface area contributed by atoms with Gasteiger partial charge in [-0.15, -0.1) is 11.3 Å². The van der Waals surface area contributed by atoms with Crippen LogP contribution in [0.15, 0.2) is 101 Å². The van der Waals surface area contributed by atoms with Crippen LogP contribution < -0.4 is 0 Å². The molecule has 0 spiro atoms. The summed E-state index contributed by atoms with van der Waals surface area (Å²) in [7, 11) is 0. The lowest BCUT2D eigenvalue weighted by Crippen LogP contribution is -2.03. The quantitative estimate of drug-likeness (QED) is 0.0922. The zero-order valence-corrected chi connectivity index (χ0v) is 25.4. The zero-order chi connectivity index (χ0) is 32.4.